The van der Waals surface area contributed by atoms with E-state index < -0.39 is 0 Å². The Labute approximate surface area is 465 Å². The topological polar surface area (TPSA) is 92.1 Å². The Balaban J connectivity index is 1.00. The lowest BCUT2D eigenvalue weighted by atomic mass is 9.95. The molecule has 7 heterocycles. The fourth-order valence-electron chi connectivity index (χ4n) is 12.1. The molecule has 0 N–H and O–H groups in total. The molecule has 0 fully saturated rings. The van der Waals surface area contributed by atoms with Crippen molar-refractivity contribution in [2.75, 3.05) is 0 Å². The highest BCUT2D eigenvalue weighted by Gasteiger charge is 2.27. The van der Waals surface area contributed by atoms with E-state index in [2.05, 4.69) is 207 Å². The van der Waals surface area contributed by atoms with Gasteiger partial charge in [0.15, 0.2) is 17.5 Å². The third-order valence-electron chi connectivity index (χ3n) is 15.7. The van der Waals surface area contributed by atoms with Crippen molar-refractivity contribution in [3.8, 4) is 84.9 Å². The molecule has 0 atom stereocenters. The van der Waals surface area contributed by atoms with E-state index in [0.29, 0.717) is 17.5 Å². The molecular weight excluding hydrogens is 991 g/mol. The molecule has 0 saturated heterocycles. The van der Waals surface area contributed by atoms with Crippen molar-refractivity contribution in [2.45, 2.75) is 0 Å². The number of hydrogen-bond acceptors (Lipinski definition) is 6. The van der Waals surface area contributed by atoms with Crippen LogP contribution in [0.5, 0.6) is 0 Å². The van der Waals surface area contributed by atoms with Crippen molar-refractivity contribution in [1.82, 2.24) is 43.6 Å². The smallest absolute Gasteiger partial charge is 0.164 e. The van der Waals surface area contributed by atoms with Crippen LogP contribution >= 0.6 is 0 Å². The van der Waals surface area contributed by atoms with E-state index in [9.17, 15) is 0 Å². The number of hydrogen-bond donors (Lipinski definition) is 0. The average Bonchev–Trinajstić information content (AvgIpc) is 4.39. The first-order valence-corrected chi connectivity index (χ1v) is 27.1. The van der Waals surface area contributed by atoms with E-state index >= 15 is 0 Å². The van der Waals surface area contributed by atoms with Crippen LogP contribution in [0.15, 0.2) is 274 Å². The summed E-state index contributed by atoms with van der Waals surface area (Å²) in [6, 6.07) is 87.4. The summed E-state index contributed by atoms with van der Waals surface area (Å²) in [5, 5.41) is 6.63. The second kappa shape index (κ2) is 18.8. The highest BCUT2D eigenvalue weighted by atomic mass is 15.1. The number of nitrogens with zero attached hydrogens (tertiary/aromatic N) is 9. The van der Waals surface area contributed by atoms with Gasteiger partial charge in [0, 0.05) is 90.6 Å². The molecule has 0 spiro atoms. The van der Waals surface area contributed by atoms with Gasteiger partial charge < -0.3 is 9.13 Å². The van der Waals surface area contributed by atoms with Crippen LogP contribution in [0.2, 0.25) is 0 Å². The molecule has 16 aromatic rings. The van der Waals surface area contributed by atoms with Crippen LogP contribution in [0, 0.1) is 0 Å². The van der Waals surface area contributed by atoms with E-state index in [1.165, 1.54) is 21.9 Å². The first-order valence-electron chi connectivity index (χ1n) is 27.1. The van der Waals surface area contributed by atoms with E-state index in [0.717, 1.165) is 111 Å². The van der Waals surface area contributed by atoms with Gasteiger partial charge in [-0.3, -0.25) is 14.5 Å². The van der Waals surface area contributed by atoms with Crippen molar-refractivity contribution >= 4 is 65.4 Å². The summed E-state index contributed by atoms with van der Waals surface area (Å²) >= 11 is 0. The Kier molecular flexibility index (Phi) is 10.7. The lowest BCUT2D eigenvalue weighted by Crippen LogP contribution is -2.08. The zero-order valence-electron chi connectivity index (χ0n) is 43.5. The number of pyridine rings is 3. The first kappa shape index (κ1) is 46.0. The molecule has 0 radical (unpaired) electrons. The SMILES string of the molecule is c1ccc(-c2ccc3c(c2)c2ccccc2n3-c2ccc(-c3nc(-n4c5ccccc5c5cnccc54)cc(-c4ccccc4-c4nc(-c5ccccc5)nc(-c5ccccc5)n4)c3-n3c4ccccc4c4cnccc43)cc2)cc1. The maximum atomic E-state index is 5.94. The Bertz CT molecular complexity index is 4940. The average molecular weight is 1040 g/mol. The summed E-state index contributed by atoms with van der Waals surface area (Å²) in [7, 11) is 0. The molecule has 0 saturated carbocycles. The number of rotatable bonds is 9. The van der Waals surface area contributed by atoms with Gasteiger partial charge >= 0.3 is 0 Å². The number of para-hydroxylation sites is 3. The highest BCUT2D eigenvalue weighted by molar-refractivity contribution is 6.13. The molecule has 7 aromatic heterocycles. The molecule has 0 amide bonds. The lowest BCUT2D eigenvalue weighted by molar-refractivity contribution is 1.06. The van der Waals surface area contributed by atoms with Crippen LogP contribution in [0.1, 0.15) is 0 Å². The van der Waals surface area contributed by atoms with Crippen molar-refractivity contribution in [3.63, 3.8) is 0 Å². The van der Waals surface area contributed by atoms with E-state index in [1.54, 1.807) is 0 Å². The minimum Gasteiger partial charge on any atom is -0.309 e. The second-order valence-electron chi connectivity index (χ2n) is 20.3. The molecule has 16 rings (SSSR count). The van der Waals surface area contributed by atoms with Gasteiger partial charge in [0.05, 0.1) is 44.5 Å². The quantitative estimate of drug-likeness (QED) is 0.143. The molecule has 0 aliphatic carbocycles. The summed E-state index contributed by atoms with van der Waals surface area (Å²) < 4.78 is 7.04. The predicted octanol–water partition coefficient (Wildman–Crippen LogP) is 17.3. The summed E-state index contributed by atoms with van der Waals surface area (Å²) in [6.07, 6.45) is 7.67. The van der Waals surface area contributed by atoms with Gasteiger partial charge in [-0.1, -0.05) is 188 Å². The first-order chi connectivity index (χ1) is 40.2. The molecule has 0 aliphatic heterocycles. The van der Waals surface area contributed by atoms with Gasteiger partial charge in [-0.2, -0.15) is 0 Å². The molecule has 9 aromatic carbocycles. The minimum atomic E-state index is 0.546. The maximum absolute atomic E-state index is 5.94. The molecule has 0 aliphatic rings. The zero-order chi connectivity index (χ0) is 53.4. The standard InChI is InChI=1S/C72H45N9/c1-4-18-46(19-5-1)50-34-37-64-57(42-50)53-25-12-15-29-61(53)79(64)51-35-32-47(33-36-51)68-69(81-63-31-17-14-27-55(63)60-45-74-41-39-66(60)81)58(43-67(75-68)80-62-30-16-13-26-54(62)59-44-73-40-38-65(59)80)52-24-10-11-28-56(52)72-77-70(48-20-6-2-7-21-48)76-71(78-72)49-22-8-3-9-23-49/h1-45H. The third kappa shape index (κ3) is 7.55. The van der Waals surface area contributed by atoms with Gasteiger partial charge in [-0.15, -0.1) is 0 Å². The van der Waals surface area contributed by atoms with Crippen LogP contribution in [0.25, 0.3) is 150 Å². The Morgan fingerprint density at radius 1 is 0.259 bits per heavy atom. The fraction of sp³-hybridized carbons (Fsp3) is 0. The Morgan fingerprint density at radius 2 is 0.716 bits per heavy atom. The van der Waals surface area contributed by atoms with Crippen LogP contribution in [0.3, 0.4) is 0 Å². The number of benzene rings is 9. The largest absolute Gasteiger partial charge is 0.309 e. The Morgan fingerprint density at radius 3 is 1.33 bits per heavy atom. The highest BCUT2D eigenvalue weighted by Crippen LogP contribution is 2.46. The monoisotopic (exact) mass is 1040 g/mol. The van der Waals surface area contributed by atoms with Crippen molar-refractivity contribution < 1.29 is 0 Å². The summed E-state index contributed by atoms with van der Waals surface area (Å²) in [4.78, 5) is 31.1. The molecule has 0 bridgehead atoms. The van der Waals surface area contributed by atoms with Gasteiger partial charge in [0.25, 0.3) is 0 Å². The minimum absolute atomic E-state index is 0.546. The molecule has 9 heteroatoms. The van der Waals surface area contributed by atoms with Gasteiger partial charge in [-0.25, -0.2) is 19.9 Å². The van der Waals surface area contributed by atoms with E-state index in [4.69, 9.17) is 24.9 Å². The summed E-state index contributed by atoms with van der Waals surface area (Å²) in [5.41, 5.74) is 16.8. The number of aromatic nitrogens is 9. The second-order valence-corrected chi connectivity index (χ2v) is 20.3. The van der Waals surface area contributed by atoms with Gasteiger partial charge in [-0.05, 0) is 77.4 Å². The maximum Gasteiger partial charge on any atom is 0.164 e. The van der Waals surface area contributed by atoms with Crippen molar-refractivity contribution in [2.24, 2.45) is 0 Å². The van der Waals surface area contributed by atoms with Gasteiger partial charge in [0.2, 0.25) is 0 Å². The molecule has 9 nitrogen and oxygen atoms in total. The lowest BCUT2D eigenvalue weighted by Gasteiger charge is -2.22. The van der Waals surface area contributed by atoms with Crippen LogP contribution in [-0.2, 0) is 0 Å². The predicted molar refractivity (Wildman–Crippen MR) is 329 cm³/mol. The molecule has 81 heavy (non-hydrogen) atoms. The molecule has 378 valence electrons. The van der Waals surface area contributed by atoms with E-state index in [-0.39, 0.29) is 0 Å². The summed E-state index contributed by atoms with van der Waals surface area (Å²) in [5.74, 6) is 2.45. The number of fused-ring (bicyclic) bond motifs is 9. The Hall–Kier alpha value is -11.2. The third-order valence-corrected chi connectivity index (χ3v) is 15.7. The van der Waals surface area contributed by atoms with Crippen LogP contribution in [-0.4, -0.2) is 43.6 Å². The summed E-state index contributed by atoms with van der Waals surface area (Å²) in [6.45, 7) is 0. The fourth-order valence-corrected chi connectivity index (χ4v) is 12.1. The molecular formula is C72H45N9. The van der Waals surface area contributed by atoms with Crippen molar-refractivity contribution in [1.29, 1.82) is 0 Å². The zero-order valence-corrected chi connectivity index (χ0v) is 43.5. The molecule has 0 unspecified atom stereocenters. The van der Waals surface area contributed by atoms with Crippen LogP contribution < -0.4 is 0 Å². The normalized spacial score (nSPS) is 11.7. The van der Waals surface area contributed by atoms with E-state index in [1.807, 2.05) is 85.5 Å². The van der Waals surface area contributed by atoms with Gasteiger partial charge in [0.1, 0.15) is 5.82 Å². The van der Waals surface area contributed by atoms with Crippen LogP contribution in [0.4, 0.5) is 0 Å². The van der Waals surface area contributed by atoms with Crippen molar-refractivity contribution in [3.05, 3.63) is 274 Å².